The first-order valence-electron chi connectivity index (χ1n) is 3.40. The summed E-state index contributed by atoms with van der Waals surface area (Å²) < 4.78 is 0. The first-order chi connectivity index (χ1) is 5.43. The maximum atomic E-state index is 10.4. The van der Waals surface area contributed by atoms with E-state index in [4.69, 9.17) is 16.6 Å². The Hall–Kier alpha value is -0.910. The normalized spacial score (nSPS) is 14.8. The van der Waals surface area contributed by atoms with Gasteiger partial charge in [-0.1, -0.05) is 0 Å². The first-order valence-corrected chi connectivity index (χ1v) is 4.34. The maximum Gasteiger partial charge on any atom is 0.316 e. The van der Waals surface area contributed by atoms with Gasteiger partial charge in [0, 0.05) is 0 Å². The molecular formula is C6H13N3O2S. The van der Waals surface area contributed by atoms with Crippen LogP contribution in [0.5, 0.6) is 0 Å². The Morgan fingerprint density at radius 1 is 1.50 bits per heavy atom. The van der Waals surface area contributed by atoms with Crippen molar-refractivity contribution in [3.8, 4) is 0 Å². The topological polar surface area (TPSA) is 102 Å². The van der Waals surface area contributed by atoms with Gasteiger partial charge in [-0.25, -0.2) is 4.99 Å². The van der Waals surface area contributed by atoms with Gasteiger partial charge in [0.05, 0.1) is 5.37 Å². The fourth-order valence-corrected chi connectivity index (χ4v) is 1.48. The Morgan fingerprint density at radius 3 is 2.33 bits per heavy atom. The Kier molecular flexibility index (Phi) is 4.50. The van der Waals surface area contributed by atoms with Gasteiger partial charge in [-0.3, -0.25) is 4.79 Å². The number of rotatable bonds is 4. The van der Waals surface area contributed by atoms with Gasteiger partial charge in [-0.2, -0.15) is 0 Å². The molecule has 0 aromatic carbocycles. The molecule has 2 unspecified atom stereocenters. The summed E-state index contributed by atoms with van der Waals surface area (Å²) in [7, 11) is 0. The second kappa shape index (κ2) is 4.87. The third-order valence-electron chi connectivity index (χ3n) is 1.08. The maximum absolute atomic E-state index is 10.4. The number of carbonyl (C=O) groups is 1. The average Bonchev–Trinajstić information content (AvgIpc) is 1.84. The first kappa shape index (κ1) is 11.1. The molecule has 0 saturated heterocycles. The highest BCUT2D eigenvalue weighted by Crippen LogP contribution is 2.17. The molecule has 0 fully saturated rings. The number of hydrogen-bond acceptors (Lipinski definition) is 3. The van der Waals surface area contributed by atoms with Crippen LogP contribution in [0.4, 0.5) is 0 Å². The van der Waals surface area contributed by atoms with E-state index in [1.54, 1.807) is 13.8 Å². The fraction of sp³-hybridized carbons (Fsp3) is 0.667. The van der Waals surface area contributed by atoms with Gasteiger partial charge < -0.3 is 16.6 Å². The molecule has 0 amide bonds. The largest absolute Gasteiger partial charge is 0.480 e. The summed E-state index contributed by atoms with van der Waals surface area (Å²) >= 11 is 1.19. The van der Waals surface area contributed by atoms with Gasteiger partial charge in [-0.15, -0.1) is 11.8 Å². The van der Waals surface area contributed by atoms with Crippen LogP contribution in [-0.2, 0) is 4.79 Å². The number of thioether (sulfide) groups is 1. The molecule has 12 heavy (non-hydrogen) atoms. The van der Waals surface area contributed by atoms with Crippen LogP contribution in [0.3, 0.4) is 0 Å². The Bertz CT molecular complexity index is 191. The lowest BCUT2D eigenvalue weighted by atomic mass is 10.5. The van der Waals surface area contributed by atoms with Crippen molar-refractivity contribution < 1.29 is 9.90 Å². The van der Waals surface area contributed by atoms with Crippen LogP contribution < -0.4 is 11.5 Å². The average molecular weight is 191 g/mol. The number of guanidine groups is 1. The molecule has 0 spiro atoms. The molecule has 0 saturated carbocycles. The number of carboxylic acids is 1. The zero-order valence-electron chi connectivity index (χ0n) is 7.02. The van der Waals surface area contributed by atoms with E-state index >= 15 is 0 Å². The quantitative estimate of drug-likeness (QED) is 0.422. The lowest BCUT2D eigenvalue weighted by Crippen LogP contribution is -2.25. The van der Waals surface area contributed by atoms with Crippen LogP contribution in [0.1, 0.15) is 13.8 Å². The van der Waals surface area contributed by atoms with Crippen LogP contribution in [0, 0.1) is 0 Å². The van der Waals surface area contributed by atoms with Crippen molar-refractivity contribution in [1.82, 2.24) is 0 Å². The predicted octanol–water partition coefficient (Wildman–Crippen LogP) is -0.188. The summed E-state index contributed by atoms with van der Waals surface area (Å²) in [4.78, 5) is 14.2. The van der Waals surface area contributed by atoms with E-state index in [2.05, 4.69) is 4.99 Å². The van der Waals surface area contributed by atoms with E-state index in [0.29, 0.717) is 0 Å². The number of aliphatic imine (C=N–C) groups is 1. The van der Waals surface area contributed by atoms with Crippen LogP contribution >= 0.6 is 11.8 Å². The number of nitrogens with zero attached hydrogens (tertiary/aromatic N) is 1. The van der Waals surface area contributed by atoms with Crippen LogP contribution in [-0.4, -0.2) is 27.7 Å². The summed E-state index contributed by atoms with van der Waals surface area (Å²) in [5, 5.41) is 7.81. The lowest BCUT2D eigenvalue weighted by molar-refractivity contribution is -0.136. The smallest absolute Gasteiger partial charge is 0.316 e. The summed E-state index contributed by atoms with van der Waals surface area (Å²) in [6.07, 6.45) is 0. The van der Waals surface area contributed by atoms with Crippen molar-refractivity contribution in [2.24, 2.45) is 16.5 Å². The zero-order chi connectivity index (χ0) is 9.72. The van der Waals surface area contributed by atoms with Crippen molar-refractivity contribution in [3.63, 3.8) is 0 Å². The van der Waals surface area contributed by atoms with Crippen molar-refractivity contribution in [2.45, 2.75) is 24.5 Å². The van der Waals surface area contributed by atoms with E-state index in [-0.39, 0.29) is 11.3 Å². The molecule has 0 aromatic rings. The van der Waals surface area contributed by atoms with Gasteiger partial charge in [0.25, 0.3) is 0 Å². The minimum atomic E-state index is -0.863. The van der Waals surface area contributed by atoms with Crippen molar-refractivity contribution in [1.29, 1.82) is 0 Å². The van der Waals surface area contributed by atoms with Gasteiger partial charge in [0.15, 0.2) is 5.96 Å². The van der Waals surface area contributed by atoms with Crippen molar-refractivity contribution in [2.75, 3.05) is 0 Å². The highest BCUT2D eigenvalue weighted by atomic mass is 32.2. The SMILES string of the molecule is CC(N=C(N)N)SC(C)C(=O)O. The second-order valence-electron chi connectivity index (χ2n) is 2.27. The third kappa shape index (κ3) is 4.84. The standard InChI is InChI=1S/C6H13N3O2S/c1-3(5(10)11)12-4(2)9-6(7)8/h3-4H,1-2H3,(H,10,11)(H4,7,8,9). The fourth-order valence-electron chi connectivity index (χ4n) is 0.594. The van der Waals surface area contributed by atoms with Crippen LogP contribution in [0.25, 0.3) is 0 Å². The van der Waals surface area contributed by atoms with Crippen LogP contribution in [0.15, 0.2) is 4.99 Å². The highest BCUT2D eigenvalue weighted by molar-refractivity contribution is 8.01. The number of carboxylic acid groups (broad SMARTS) is 1. The molecule has 5 nitrogen and oxygen atoms in total. The lowest BCUT2D eigenvalue weighted by Gasteiger charge is -2.09. The minimum Gasteiger partial charge on any atom is -0.480 e. The second-order valence-corrected chi connectivity index (χ2v) is 3.93. The van der Waals surface area contributed by atoms with E-state index in [1.165, 1.54) is 11.8 Å². The molecule has 2 atom stereocenters. The molecule has 0 aromatic heterocycles. The molecule has 0 bridgehead atoms. The third-order valence-corrected chi connectivity index (χ3v) is 2.19. The van der Waals surface area contributed by atoms with Crippen molar-refractivity contribution >= 4 is 23.7 Å². The molecule has 6 heteroatoms. The summed E-state index contributed by atoms with van der Waals surface area (Å²) in [5.74, 6) is -0.884. The molecule has 0 aliphatic heterocycles. The number of hydrogen-bond donors (Lipinski definition) is 3. The molecule has 0 radical (unpaired) electrons. The summed E-state index contributed by atoms with van der Waals surface area (Å²) in [5.41, 5.74) is 10.2. The monoisotopic (exact) mass is 191 g/mol. The summed E-state index contributed by atoms with van der Waals surface area (Å²) in [6.45, 7) is 3.33. The number of aliphatic carboxylic acids is 1. The predicted molar refractivity (Wildman–Crippen MR) is 50.0 cm³/mol. The minimum absolute atomic E-state index is 0.0208. The molecule has 5 N–H and O–H groups in total. The van der Waals surface area contributed by atoms with Gasteiger partial charge in [-0.05, 0) is 13.8 Å². The summed E-state index contributed by atoms with van der Waals surface area (Å²) in [6, 6.07) is 0. The van der Waals surface area contributed by atoms with Gasteiger partial charge >= 0.3 is 5.97 Å². The van der Waals surface area contributed by atoms with E-state index < -0.39 is 11.2 Å². The Labute approximate surface area is 75.2 Å². The highest BCUT2D eigenvalue weighted by Gasteiger charge is 2.14. The molecule has 0 aliphatic rings. The molecule has 0 aliphatic carbocycles. The molecule has 70 valence electrons. The zero-order valence-corrected chi connectivity index (χ0v) is 7.84. The van der Waals surface area contributed by atoms with Gasteiger partial charge in [0.2, 0.25) is 0 Å². The van der Waals surface area contributed by atoms with E-state index in [9.17, 15) is 4.79 Å². The van der Waals surface area contributed by atoms with Crippen LogP contribution in [0.2, 0.25) is 0 Å². The van der Waals surface area contributed by atoms with Gasteiger partial charge in [0.1, 0.15) is 5.25 Å². The Morgan fingerprint density at radius 2 is 2.00 bits per heavy atom. The molecule has 0 rings (SSSR count). The van der Waals surface area contributed by atoms with Crippen molar-refractivity contribution in [3.05, 3.63) is 0 Å². The molecular weight excluding hydrogens is 178 g/mol. The number of nitrogens with two attached hydrogens (primary N) is 2. The van der Waals surface area contributed by atoms with E-state index in [0.717, 1.165) is 0 Å². The van der Waals surface area contributed by atoms with E-state index in [1.807, 2.05) is 0 Å². The Balaban J connectivity index is 3.92. The molecule has 0 heterocycles.